The number of fused-ring (bicyclic) bond motifs is 1. The molecule has 1 aliphatic heterocycles. The maximum absolute atomic E-state index is 12.7. The van der Waals surface area contributed by atoms with Gasteiger partial charge in [-0.3, -0.25) is 0 Å². The maximum Gasteiger partial charge on any atom is 0.416 e. The summed E-state index contributed by atoms with van der Waals surface area (Å²) in [7, 11) is 0. The molecule has 3 rings (SSSR count). The number of rotatable bonds is 1. The predicted octanol–water partition coefficient (Wildman–Crippen LogP) is 2.15. The Morgan fingerprint density at radius 1 is 1.35 bits per heavy atom. The number of morpholine rings is 1. The van der Waals surface area contributed by atoms with Crippen molar-refractivity contribution in [3.05, 3.63) is 23.6 Å². The second-order valence-electron chi connectivity index (χ2n) is 4.42. The van der Waals surface area contributed by atoms with Crippen LogP contribution in [0.15, 0.2) is 18.3 Å². The monoisotopic (exact) mass is 306 g/mol. The van der Waals surface area contributed by atoms with Gasteiger partial charge in [0.05, 0.1) is 25.0 Å². The highest BCUT2D eigenvalue weighted by Gasteiger charge is 2.43. The first kappa shape index (κ1) is 13.4. The predicted molar refractivity (Wildman–Crippen MR) is 66.0 cm³/mol. The van der Waals surface area contributed by atoms with Crippen molar-refractivity contribution in [1.82, 2.24) is 14.6 Å². The van der Waals surface area contributed by atoms with Gasteiger partial charge in [0, 0.05) is 6.54 Å². The smallest absolute Gasteiger partial charge is 0.365 e. The van der Waals surface area contributed by atoms with Crippen LogP contribution in [-0.4, -0.2) is 46.6 Å². The van der Waals surface area contributed by atoms with Crippen LogP contribution in [0.1, 0.15) is 0 Å². The largest absolute Gasteiger partial charge is 0.416 e. The van der Waals surface area contributed by atoms with Gasteiger partial charge in [-0.2, -0.15) is 18.2 Å². The standard InChI is InChI=1S/C11H10ClF3N4O/c12-10-16-9-2-1-7(5-19(9)17-10)18-3-4-20-8(6-18)11(13,14)15/h1-2,5,8H,3-4,6H2/t8-/m0/s1. The molecule has 0 aromatic carbocycles. The summed E-state index contributed by atoms with van der Waals surface area (Å²) in [5.41, 5.74) is 1.16. The van der Waals surface area contributed by atoms with E-state index in [1.54, 1.807) is 23.2 Å². The molecule has 2 aromatic heterocycles. The highest BCUT2D eigenvalue weighted by Crippen LogP contribution is 2.28. The molecule has 0 bridgehead atoms. The van der Waals surface area contributed by atoms with E-state index in [9.17, 15) is 13.2 Å². The van der Waals surface area contributed by atoms with Crippen molar-refractivity contribution in [2.75, 3.05) is 24.6 Å². The van der Waals surface area contributed by atoms with Crippen molar-refractivity contribution in [1.29, 1.82) is 0 Å². The Morgan fingerprint density at radius 3 is 2.90 bits per heavy atom. The Morgan fingerprint density at radius 2 is 2.15 bits per heavy atom. The zero-order chi connectivity index (χ0) is 14.3. The lowest BCUT2D eigenvalue weighted by Crippen LogP contribution is -2.49. The van der Waals surface area contributed by atoms with Gasteiger partial charge in [-0.05, 0) is 23.7 Å². The lowest BCUT2D eigenvalue weighted by molar-refractivity contribution is -0.221. The number of nitrogens with zero attached hydrogens (tertiary/aromatic N) is 4. The first-order chi connectivity index (χ1) is 9.43. The van der Waals surface area contributed by atoms with Crippen LogP contribution in [0.4, 0.5) is 18.9 Å². The molecule has 2 aromatic rings. The van der Waals surface area contributed by atoms with E-state index >= 15 is 0 Å². The van der Waals surface area contributed by atoms with Gasteiger partial charge in [0.25, 0.3) is 0 Å². The number of pyridine rings is 1. The first-order valence-corrected chi connectivity index (χ1v) is 6.26. The molecule has 0 aliphatic carbocycles. The minimum Gasteiger partial charge on any atom is -0.365 e. The third-order valence-corrected chi connectivity index (χ3v) is 3.25. The van der Waals surface area contributed by atoms with Gasteiger partial charge in [0.2, 0.25) is 5.28 Å². The maximum atomic E-state index is 12.7. The highest BCUT2D eigenvalue weighted by atomic mass is 35.5. The van der Waals surface area contributed by atoms with E-state index < -0.39 is 12.3 Å². The fourth-order valence-electron chi connectivity index (χ4n) is 2.11. The molecule has 1 aliphatic rings. The Labute approximate surface area is 116 Å². The Bertz CT molecular complexity index is 630. The number of hydrogen-bond donors (Lipinski definition) is 0. The number of anilines is 1. The molecule has 0 N–H and O–H groups in total. The quantitative estimate of drug-likeness (QED) is 0.810. The van der Waals surface area contributed by atoms with E-state index in [1.165, 1.54) is 4.52 Å². The van der Waals surface area contributed by atoms with Gasteiger partial charge >= 0.3 is 6.18 Å². The van der Waals surface area contributed by atoms with Gasteiger partial charge in [-0.15, -0.1) is 5.10 Å². The molecule has 0 radical (unpaired) electrons. The summed E-state index contributed by atoms with van der Waals surface area (Å²) in [5, 5.41) is 4.02. The van der Waals surface area contributed by atoms with E-state index in [0.29, 0.717) is 17.9 Å². The van der Waals surface area contributed by atoms with Crippen LogP contribution >= 0.6 is 11.6 Å². The average Bonchev–Trinajstić information content (AvgIpc) is 2.77. The molecule has 1 saturated heterocycles. The van der Waals surface area contributed by atoms with E-state index in [2.05, 4.69) is 10.1 Å². The fraction of sp³-hybridized carbons (Fsp3) is 0.455. The minimum absolute atomic E-state index is 0.0281. The molecule has 9 heteroatoms. The summed E-state index contributed by atoms with van der Waals surface area (Å²) in [6.07, 6.45) is -4.53. The lowest BCUT2D eigenvalue weighted by Gasteiger charge is -2.35. The molecular weight excluding hydrogens is 297 g/mol. The summed E-state index contributed by atoms with van der Waals surface area (Å²) in [5.74, 6) is 0. The summed E-state index contributed by atoms with van der Waals surface area (Å²) in [6.45, 7) is 0.179. The van der Waals surface area contributed by atoms with Crippen molar-refractivity contribution in [2.24, 2.45) is 0 Å². The fourth-order valence-corrected chi connectivity index (χ4v) is 2.28. The molecule has 108 valence electrons. The zero-order valence-electron chi connectivity index (χ0n) is 10.1. The molecule has 0 unspecified atom stereocenters. The van der Waals surface area contributed by atoms with Gasteiger partial charge < -0.3 is 9.64 Å². The van der Waals surface area contributed by atoms with Crippen molar-refractivity contribution >= 4 is 22.9 Å². The molecule has 0 spiro atoms. The van der Waals surface area contributed by atoms with Crippen LogP contribution in [0.2, 0.25) is 5.28 Å². The number of hydrogen-bond acceptors (Lipinski definition) is 4. The van der Waals surface area contributed by atoms with Crippen LogP contribution in [0.5, 0.6) is 0 Å². The molecular formula is C11H10ClF3N4O. The van der Waals surface area contributed by atoms with E-state index in [1.807, 2.05) is 0 Å². The number of alkyl halides is 3. The van der Waals surface area contributed by atoms with Crippen molar-refractivity contribution < 1.29 is 17.9 Å². The minimum atomic E-state index is -4.36. The Kier molecular flexibility index (Phi) is 3.21. The van der Waals surface area contributed by atoms with Gasteiger partial charge in [0.15, 0.2) is 11.8 Å². The average molecular weight is 307 g/mol. The Hall–Kier alpha value is -1.54. The molecule has 1 fully saturated rings. The van der Waals surface area contributed by atoms with Gasteiger partial charge in [-0.25, -0.2) is 4.52 Å². The van der Waals surface area contributed by atoms with Crippen molar-refractivity contribution in [3.8, 4) is 0 Å². The van der Waals surface area contributed by atoms with Crippen LogP contribution < -0.4 is 4.90 Å². The summed E-state index contributed by atoms with van der Waals surface area (Å²) in [4.78, 5) is 5.56. The topological polar surface area (TPSA) is 42.7 Å². The summed E-state index contributed by atoms with van der Waals surface area (Å²) in [6, 6.07) is 3.35. The second-order valence-corrected chi connectivity index (χ2v) is 4.76. The molecule has 0 saturated carbocycles. The molecule has 1 atom stereocenters. The third-order valence-electron chi connectivity index (χ3n) is 3.09. The molecule has 0 amide bonds. The molecule has 3 heterocycles. The number of halogens is 4. The van der Waals surface area contributed by atoms with Crippen LogP contribution in [-0.2, 0) is 4.74 Å². The summed E-state index contributed by atoms with van der Waals surface area (Å²) < 4.78 is 44.3. The van der Waals surface area contributed by atoms with Crippen LogP contribution in [0, 0.1) is 0 Å². The van der Waals surface area contributed by atoms with Crippen molar-refractivity contribution in [3.63, 3.8) is 0 Å². The second kappa shape index (κ2) is 4.78. The number of aromatic nitrogens is 3. The summed E-state index contributed by atoms with van der Waals surface area (Å²) >= 11 is 5.68. The van der Waals surface area contributed by atoms with Gasteiger partial charge in [0.1, 0.15) is 0 Å². The molecule has 20 heavy (non-hydrogen) atoms. The Balaban J connectivity index is 1.86. The van der Waals surface area contributed by atoms with E-state index in [0.717, 1.165) is 0 Å². The van der Waals surface area contributed by atoms with Crippen LogP contribution in [0.25, 0.3) is 5.65 Å². The van der Waals surface area contributed by atoms with Gasteiger partial charge in [-0.1, -0.05) is 0 Å². The van der Waals surface area contributed by atoms with Crippen LogP contribution in [0.3, 0.4) is 0 Å². The third kappa shape index (κ3) is 2.53. The highest BCUT2D eigenvalue weighted by molar-refractivity contribution is 6.28. The normalized spacial score (nSPS) is 20.6. The SMILES string of the molecule is FC(F)(F)[C@@H]1CN(c2ccc3nc(Cl)nn3c2)CCO1. The van der Waals surface area contributed by atoms with E-state index in [4.69, 9.17) is 16.3 Å². The zero-order valence-corrected chi connectivity index (χ0v) is 10.9. The van der Waals surface area contributed by atoms with Crippen molar-refractivity contribution in [2.45, 2.75) is 12.3 Å². The molecule has 5 nitrogen and oxygen atoms in total. The van der Waals surface area contributed by atoms with E-state index in [-0.39, 0.29) is 18.4 Å². The lowest BCUT2D eigenvalue weighted by atomic mass is 10.2. The first-order valence-electron chi connectivity index (χ1n) is 5.89. The number of ether oxygens (including phenoxy) is 1.